The Bertz CT molecular complexity index is 508. The SMILES string of the molecule is N#Cc1ccc2c(ccn2CCCF)c1. The first-order chi connectivity index (χ1) is 7.35. The molecule has 0 fully saturated rings. The highest BCUT2D eigenvalue weighted by atomic mass is 19.1. The van der Waals surface area contributed by atoms with E-state index in [4.69, 9.17) is 5.26 Å². The summed E-state index contributed by atoms with van der Waals surface area (Å²) in [6.45, 7) is 0.391. The Labute approximate surface area is 87.6 Å². The number of hydrogen-bond acceptors (Lipinski definition) is 1. The number of rotatable bonds is 3. The highest BCUT2D eigenvalue weighted by Crippen LogP contribution is 2.17. The van der Waals surface area contributed by atoms with E-state index in [1.165, 1.54) is 0 Å². The van der Waals surface area contributed by atoms with Gasteiger partial charge in [-0.2, -0.15) is 5.26 Å². The van der Waals surface area contributed by atoms with E-state index >= 15 is 0 Å². The van der Waals surface area contributed by atoms with Gasteiger partial charge in [0.1, 0.15) is 0 Å². The van der Waals surface area contributed by atoms with Crippen molar-refractivity contribution in [2.24, 2.45) is 0 Å². The number of aromatic nitrogens is 1. The molecule has 0 spiro atoms. The van der Waals surface area contributed by atoms with E-state index in [1.807, 2.05) is 29.0 Å². The van der Waals surface area contributed by atoms with E-state index in [1.54, 1.807) is 6.07 Å². The van der Waals surface area contributed by atoms with Crippen LogP contribution in [-0.2, 0) is 6.54 Å². The third-order valence-electron chi connectivity index (χ3n) is 2.43. The van der Waals surface area contributed by atoms with E-state index in [0.717, 1.165) is 10.9 Å². The van der Waals surface area contributed by atoms with Gasteiger partial charge < -0.3 is 4.57 Å². The molecule has 0 saturated heterocycles. The normalized spacial score (nSPS) is 10.4. The Morgan fingerprint density at radius 2 is 2.20 bits per heavy atom. The second kappa shape index (κ2) is 4.14. The lowest BCUT2D eigenvalue weighted by Crippen LogP contribution is -1.96. The number of fused-ring (bicyclic) bond motifs is 1. The fourth-order valence-electron chi connectivity index (χ4n) is 1.69. The summed E-state index contributed by atoms with van der Waals surface area (Å²) in [7, 11) is 0. The van der Waals surface area contributed by atoms with Crippen LogP contribution >= 0.6 is 0 Å². The second-order valence-corrected chi connectivity index (χ2v) is 3.44. The molecule has 2 nitrogen and oxygen atoms in total. The number of aryl methyl sites for hydroxylation is 1. The lowest BCUT2D eigenvalue weighted by atomic mass is 10.2. The summed E-state index contributed by atoms with van der Waals surface area (Å²) in [5.74, 6) is 0. The maximum absolute atomic E-state index is 12.0. The molecule has 1 aromatic carbocycles. The van der Waals surface area contributed by atoms with E-state index < -0.39 is 0 Å². The third-order valence-corrected chi connectivity index (χ3v) is 2.43. The van der Waals surface area contributed by atoms with Crippen LogP contribution in [0.2, 0.25) is 0 Å². The van der Waals surface area contributed by atoms with Gasteiger partial charge in [0.2, 0.25) is 0 Å². The Balaban J connectivity index is 2.39. The Hall–Kier alpha value is -1.82. The summed E-state index contributed by atoms with van der Waals surface area (Å²) in [5, 5.41) is 9.77. The van der Waals surface area contributed by atoms with Crippen molar-refractivity contribution in [3.63, 3.8) is 0 Å². The van der Waals surface area contributed by atoms with Gasteiger partial charge in [-0.15, -0.1) is 0 Å². The number of halogens is 1. The van der Waals surface area contributed by atoms with Gasteiger partial charge in [-0.25, -0.2) is 0 Å². The maximum atomic E-state index is 12.0. The molecular weight excluding hydrogens is 191 g/mol. The molecule has 0 saturated carbocycles. The van der Waals surface area contributed by atoms with E-state index in [9.17, 15) is 4.39 Å². The first-order valence-corrected chi connectivity index (χ1v) is 4.90. The summed E-state index contributed by atoms with van der Waals surface area (Å²) in [6.07, 6.45) is 2.46. The van der Waals surface area contributed by atoms with Gasteiger partial charge in [0.05, 0.1) is 18.3 Å². The van der Waals surface area contributed by atoms with Crippen LogP contribution < -0.4 is 0 Å². The van der Waals surface area contributed by atoms with Crippen LogP contribution in [0.4, 0.5) is 4.39 Å². The Morgan fingerprint density at radius 1 is 1.33 bits per heavy atom. The first kappa shape index (κ1) is 9.72. The van der Waals surface area contributed by atoms with Crippen molar-refractivity contribution >= 4 is 10.9 Å². The lowest BCUT2D eigenvalue weighted by Gasteiger charge is -2.02. The minimum absolute atomic E-state index is 0.296. The molecule has 0 N–H and O–H groups in total. The molecule has 2 aromatic rings. The number of nitrogens with zero attached hydrogens (tertiary/aromatic N) is 2. The molecule has 1 aromatic heterocycles. The highest BCUT2D eigenvalue weighted by Gasteiger charge is 2.01. The zero-order chi connectivity index (χ0) is 10.7. The minimum atomic E-state index is -0.296. The molecule has 0 atom stereocenters. The van der Waals surface area contributed by atoms with E-state index in [-0.39, 0.29) is 6.67 Å². The van der Waals surface area contributed by atoms with Crippen molar-refractivity contribution in [2.45, 2.75) is 13.0 Å². The Morgan fingerprint density at radius 3 is 2.93 bits per heavy atom. The Kier molecular flexibility index (Phi) is 2.68. The molecule has 0 aliphatic rings. The molecule has 0 radical (unpaired) electrons. The van der Waals surface area contributed by atoms with Gasteiger partial charge in [-0.3, -0.25) is 4.39 Å². The summed E-state index contributed by atoms with van der Waals surface area (Å²) < 4.78 is 14.1. The van der Waals surface area contributed by atoms with Crippen molar-refractivity contribution in [1.82, 2.24) is 4.57 Å². The molecule has 0 bridgehead atoms. The minimum Gasteiger partial charge on any atom is -0.347 e. The van der Waals surface area contributed by atoms with Crippen molar-refractivity contribution in [2.75, 3.05) is 6.67 Å². The van der Waals surface area contributed by atoms with Crippen LogP contribution in [0.15, 0.2) is 30.5 Å². The molecule has 0 unspecified atom stereocenters. The summed E-state index contributed by atoms with van der Waals surface area (Å²) in [4.78, 5) is 0. The summed E-state index contributed by atoms with van der Waals surface area (Å²) in [6, 6.07) is 9.60. The highest BCUT2D eigenvalue weighted by molar-refractivity contribution is 5.81. The van der Waals surface area contributed by atoms with Crippen molar-refractivity contribution in [3.8, 4) is 6.07 Å². The summed E-state index contributed by atoms with van der Waals surface area (Å²) >= 11 is 0. The van der Waals surface area contributed by atoms with Crippen LogP contribution in [-0.4, -0.2) is 11.2 Å². The topological polar surface area (TPSA) is 28.7 Å². The van der Waals surface area contributed by atoms with Crippen molar-refractivity contribution in [1.29, 1.82) is 5.26 Å². The van der Waals surface area contributed by atoms with E-state index in [0.29, 0.717) is 18.5 Å². The molecule has 3 heteroatoms. The van der Waals surface area contributed by atoms with Gasteiger partial charge in [0, 0.05) is 23.6 Å². The maximum Gasteiger partial charge on any atom is 0.0991 e. The van der Waals surface area contributed by atoms with Crippen LogP contribution in [0.3, 0.4) is 0 Å². The molecule has 0 aliphatic heterocycles. The van der Waals surface area contributed by atoms with Crippen LogP contribution in [0, 0.1) is 11.3 Å². The van der Waals surface area contributed by atoms with Crippen LogP contribution in [0.5, 0.6) is 0 Å². The lowest BCUT2D eigenvalue weighted by molar-refractivity contribution is 0.450. The smallest absolute Gasteiger partial charge is 0.0991 e. The van der Waals surface area contributed by atoms with Gasteiger partial charge in [0.25, 0.3) is 0 Å². The number of alkyl halides is 1. The van der Waals surface area contributed by atoms with E-state index in [2.05, 4.69) is 6.07 Å². The molecule has 0 amide bonds. The second-order valence-electron chi connectivity index (χ2n) is 3.44. The molecule has 0 aliphatic carbocycles. The quantitative estimate of drug-likeness (QED) is 0.752. The van der Waals surface area contributed by atoms with Gasteiger partial charge in [-0.05, 0) is 30.7 Å². The zero-order valence-electron chi connectivity index (χ0n) is 8.28. The molecule has 15 heavy (non-hydrogen) atoms. The molecule has 2 rings (SSSR count). The monoisotopic (exact) mass is 202 g/mol. The third kappa shape index (κ3) is 1.84. The zero-order valence-corrected chi connectivity index (χ0v) is 8.28. The molecule has 1 heterocycles. The fourth-order valence-corrected chi connectivity index (χ4v) is 1.69. The van der Waals surface area contributed by atoms with Crippen LogP contribution in [0.25, 0.3) is 10.9 Å². The molecule has 76 valence electrons. The predicted molar refractivity (Wildman–Crippen MR) is 57.2 cm³/mol. The van der Waals surface area contributed by atoms with Crippen molar-refractivity contribution in [3.05, 3.63) is 36.0 Å². The summed E-state index contributed by atoms with van der Waals surface area (Å²) in [5.41, 5.74) is 1.72. The number of benzene rings is 1. The van der Waals surface area contributed by atoms with Gasteiger partial charge in [0.15, 0.2) is 0 Å². The fraction of sp³-hybridized carbons (Fsp3) is 0.250. The standard InChI is InChI=1S/C12H11FN2/c13-5-1-6-15-7-4-11-8-10(9-14)2-3-12(11)15/h2-4,7-8H,1,5-6H2. The van der Waals surface area contributed by atoms with Gasteiger partial charge >= 0.3 is 0 Å². The predicted octanol–water partition coefficient (Wildman–Crippen LogP) is 2.87. The first-order valence-electron chi connectivity index (χ1n) is 4.90. The van der Waals surface area contributed by atoms with Crippen molar-refractivity contribution < 1.29 is 4.39 Å². The molecular formula is C12H11FN2. The number of nitriles is 1. The van der Waals surface area contributed by atoms with Crippen LogP contribution in [0.1, 0.15) is 12.0 Å². The van der Waals surface area contributed by atoms with Gasteiger partial charge in [-0.1, -0.05) is 0 Å². The largest absolute Gasteiger partial charge is 0.347 e. The average Bonchev–Trinajstić information content (AvgIpc) is 2.68. The number of hydrogen-bond donors (Lipinski definition) is 0. The average molecular weight is 202 g/mol.